The largest absolute Gasteiger partial charge is 0.457 e. The molecule has 0 aliphatic rings. The van der Waals surface area contributed by atoms with Gasteiger partial charge in [-0.2, -0.15) is 0 Å². The van der Waals surface area contributed by atoms with Gasteiger partial charge in [-0.3, -0.25) is 0 Å². The monoisotopic (exact) mass is 593 g/mol. The summed E-state index contributed by atoms with van der Waals surface area (Å²) in [6, 6.07) is 31.0. The zero-order chi connectivity index (χ0) is 31.8. The third-order valence-electron chi connectivity index (χ3n) is 6.84. The van der Waals surface area contributed by atoms with Gasteiger partial charge in [-0.1, -0.05) is 91.0 Å². The van der Waals surface area contributed by atoms with Crippen molar-refractivity contribution in [2.45, 2.75) is 71.1 Å². The maximum atomic E-state index is 13.3. The van der Waals surface area contributed by atoms with Crippen LogP contribution in [0, 0.1) is 0 Å². The fourth-order valence-corrected chi connectivity index (χ4v) is 5.12. The van der Waals surface area contributed by atoms with Gasteiger partial charge in [0.05, 0.1) is 12.0 Å². The minimum atomic E-state index is -0.716. The Morgan fingerprint density at radius 3 is 1.68 bits per heavy atom. The van der Waals surface area contributed by atoms with Crippen molar-refractivity contribution in [3.63, 3.8) is 0 Å². The Morgan fingerprint density at radius 2 is 1.23 bits per heavy atom. The van der Waals surface area contributed by atoms with Crippen molar-refractivity contribution in [3.05, 3.63) is 131 Å². The summed E-state index contributed by atoms with van der Waals surface area (Å²) in [6.45, 7) is 11.3. The number of nitrogens with zero attached hydrogens (tertiary/aromatic N) is 2. The van der Waals surface area contributed by atoms with Crippen LogP contribution in [0.5, 0.6) is 0 Å². The molecule has 0 spiro atoms. The normalized spacial score (nSPS) is 12.5. The first-order chi connectivity index (χ1) is 20.9. The van der Waals surface area contributed by atoms with Crippen molar-refractivity contribution in [1.82, 2.24) is 14.9 Å². The minimum absolute atomic E-state index is 0.350. The van der Waals surface area contributed by atoms with E-state index in [9.17, 15) is 9.59 Å². The van der Waals surface area contributed by atoms with Gasteiger partial charge < -0.3 is 19.4 Å². The van der Waals surface area contributed by atoms with Crippen molar-refractivity contribution < 1.29 is 19.1 Å². The minimum Gasteiger partial charge on any atom is -0.457 e. The molecule has 0 fully saturated rings. The third-order valence-corrected chi connectivity index (χ3v) is 6.84. The number of benzene rings is 3. The Bertz CT molecular complexity index is 1450. The Kier molecular flexibility index (Phi) is 10.1. The van der Waals surface area contributed by atoms with E-state index in [4.69, 9.17) is 14.5 Å². The smallest absolute Gasteiger partial charge is 0.407 e. The Balaban J connectivity index is 1.73. The maximum Gasteiger partial charge on any atom is 0.407 e. The Labute approximate surface area is 260 Å². The molecule has 1 heterocycles. The molecule has 0 unspecified atom stereocenters. The number of aromatic nitrogens is 2. The van der Waals surface area contributed by atoms with Gasteiger partial charge in [0.1, 0.15) is 16.7 Å². The molecular formula is C37H43N3O4. The highest BCUT2D eigenvalue weighted by Crippen LogP contribution is 2.40. The van der Waals surface area contributed by atoms with E-state index < -0.39 is 28.8 Å². The average molecular weight is 594 g/mol. The van der Waals surface area contributed by atoms with Crippen LogP contribution in [0.4, 0.5) is 4.79 Å². The second-order valence-electron chi connectivity index (χ2n) is 12.7. The van der Waals surface area contributed by atoms with E-state index >= 15 is 0 Å². The van der Waals surface area contributed by atoms with E-state index in [1.807, 2.05) is 109 Å². The number of rotatable bonds is 10. The quantitative estimate of drug-likeness (QED) is 0.0880. The van der Waals surface area contributed by atoms with Gasteiger partial charge in [0.2, 0.25) is 0 Å². The second-order valence-corrected chi connectivity index (χ2v) is 12.7. The summed E-state index contributed by atoms with van der Waals surface area (Å²) in [6.07, 6.45) is 5.99. The first-order valence-electron chi connectivity index (χ1n) is 15.0. The molecule has 0 saturated carbocycles. The van der Waals surface area contributed by atoms with Gasteiger partial charge in [0, 0.05) is 18.3 Å². The summed E-state index contributed by atoms with van der Waals surface area (Å²) in [5.41, 5.74) is 2.36. The number of alkyl carbamates (subject to hydrolysis) is 1. The first-order valence-corrected chi connectivity index (χ1v) is 15.0. The van der Waals surface area contributed by atoms with Crippen molar-refractivity contribution in [1.29, 1.82) is 0 Å². The topological polar surface area (TPSA) is 82.5 Å². The van der Waals surface area contributed by atoms with Crippen molar-refractivity contribution in [2.24, 2.45) is 0 Å². The number of nitrogens with one attached hydrogen (secondary N) is 1. The molecule has 3 aromatic carbocycles. The zero-order valence-corrected chi connectivity index (χ0v) is 26.5. The van der Waals surface area contributed by atoms with Crippen molar-refractivity contribution in [3.8, 4) is 0 Å². The molecule has 44 heavy (non-hydrogen) atoms. The average Bonchev–Trinajstić information content (AvgIpc) is 3.43. The van der Waals surface area contributed by atoms with Crippen LogP contribution in [0.25, 0.3) is 6.08 Å². The predicted octanol–water partition coefficient (Wildman–Crippen LogP) is 7.75. The molecule has 1 amide bonds. The molecule has 7 nitrogen and oxygen atoms in total. The maximum absolute atomic E-state index is 13.3. The number of hydrogen-bond acceptors (Lipinski definition) is 5. The van der Waals surface area contributed by atoms with Gasteiger partial charge in [0.25, 0.3) is 0 Å². The van der Waals surface area contributed by atoms with Crippen LogP contribution < -0.4 is 5.32 Å². The lowest BCUT2D eigenvalue weighted by Gasteiger charge is -2.37. The number of amides is 1. The van der Waals surface area contributed by atoms with Gasteiger partial charge in [-0.25, -0.2) is 14.6 Å². The van der Waals surface area contributed by atoms with Crippen LogP contribution >= 0.6 is 0 Å². The van der Waals surface area contributed by atoms with Crippen LogP contribution in [-0.4, -0.2) is 39.4 Å². The highest BCUT2D eigenvalue weighted by molar-refractivity contribution is 5.93. The van der Waals surface area contributed by atoms with Gasteiger partial charge in [0.15, 0.2) is 0 Å². The van der Waals surface area contributed by atoms with E-state index in [2.05, 4.69) is 46.3 Å². The van der Waals surface area contributed by atoms with E-state index in [0.717, 1.165) is 16.7 Å². The summed E-state index contributed by atoms with van der Waals surface area (Å²) in [5.74, 6) is -0.412. The fraction of sp³-hybridized carbons (Fsp3) is 0.324. The number of carbonyl (C=O) groups is 2. The standard InChI is InChI=1S/C37H43N3O4/c1-35(2,3)43-33(41)28(17-16-24-38-34(42)44-36(4,5)6)25-32-26-40(27-39-32)37(29-18-10-7-11-19-29,30-20-12-8-13-21-30)31-22-14-9-15-23-31/h7-15,18-23,25-27H,16-17,24H2,1-6H3,(H,38,42). The van der Waals surface area contributed by atoms with Gasteiger partial charge in [-0.15, -0.1) is 0 Å². The molecular weight excluding hydrogens is 550 g/mol. The molecule has 1 N–H and O–H groups in total. The summed E-state index contributed by atoms with van der Waals surface area (Å²) in [7, 11) is 0. The van der Waals surface area contributed by atoms with Crippen LogP contribution in [0.15, 0.2) is 109 Å². The number of imidazole rings is 1. The number of esters is 1. The molecule has 7 heteroatoms. The van der Waals surface area contributed by atoms with Crippen LogP contribution in [0.1, 0.15) is 76.8 Å². The lowest BCUT2D eigenvalue weighted by atomic mass is 9.77. The predicted molar refractivity (Wildman–Crippen MR) is 174 cm³/mol. The molecule has 1 aromatic heterocycles. The van der Waals surface area contributed by atoms with Crippen molar-refractivity contribution in [2.75, 3.05) is 6.54 Å². The first kappa shape index (κ1) is 32.3. The van der Waals surface area contributed by atoms with E-state index in [1.54, 1.807) is 6.08 Å². The fourth-order valence-electron chi connectivity index (χ4n) is 5.12. The molecule has 230 valence electrons. The van der Waals surface area contributed by atoms with Crippen molar-refractivity contribution >= 4 is 18.1 Å². The second kappa shape index (κ2) is 13.8. The summed E-state index contributed by atoms with van der Waals surface area (Å²) in [5, 5.41) is 2.76. The SMILES string of the molecule is CC(C)(C)OC(=O)NCCCC(=Cc1cn(C(c2ccccc2)(c2ccccc2)c2ccccc2)cn1)C(=O)OC(C)(C)C. The van der Waals surface area contributed by atoms with E-state index in [1.165, 1.54) is 0 Å². The highest BCUT2D eigenvalue weighted by Gasteiger charge is 2.38. The van der Waals surface area contributed by atoms with E-state index in [-0.39, 0.29) is 0 Å². The molecule has 4 aromatic rings. The highest BCUT2D eigenvalue weighted by atomic mass is 16.6. The lowest BCUT2D eigenvalue weighted by molar-refractivity contribution is -0.149. The van der Waals surface area contributed by atoms with Crippen LogP contribution in [0.3, 0.4) is 0 Å². The Morgan fingerprint density at radius 1 is 0.750 bits per heavy atom. The summed E-state index contributed by atoms with van der Waals surface area (Å²) < 4.78 is 13.2. The summed E-state index contributed by atoms with van der Waals surface area (Å²) in [4.78, 5) is 30.2. The van der Waals surface area contributed by atoms with Gasteiger partial charge in [-0.05, 0) is 77.2 Å². The molecule has 0 saturated heterocycles. The summed E-state index contributed by atoms with van der Waals surface area (Å²) >= 11 is 0. The van der Waals surface area contributed by atoms with Crippen LogP contribution in [0.2, 0.25) is 0 Å². The number of carbonyl (C=O) groups excluding carboxylic acids is 2. The Hall–Kier alpha value is -4.65. The van der Waals surface area contributed by atoms with E-state index in [0.29, 0.717) is 30.7 Å². The lowest BCUT2D eigenvalue weighted by Crippen LogP contribution is -2.36. The zero-order valence-electron chi connectivity index (χ0n) is 26.5. The third kappa shape index (κ3) is 8.25. The molecule has 4 rings (SSSR count). The molecule has 0 aliphatic heterocycles. The molecule has 0 aliphatic carbocycles. The van der Waals surface area contributed by atoms with Crippen LogP contribution in [-0.2, 0) is 19.8 Å². The molecule has 0 atom stereocenters. The number of ether oxygens (including phenoxy) is 2. The molecule has 0 bridgehead atoms. The van der Waals surface area contributed by atoms with Gasteiger partial charge >= 0.3 is 12.1 Å². The molecule has 0 radical (unpaired) electrons. The number of hydrogen-bond donors (Lipinski definition) is 1.